The molecule has 0 rings (SSSR count). The fourth-order valence-corrected chi connectivity index (χ4v) is 6.31. The topological polar surface area (TPSA) is 37.3 Å². The zero-order valence-corrected chi connectivity index (χ0v) is 25.5. The summed E-state index contributed by atoms with van der Waals surface area (Å²) in [4.78, 5) is 12.5. The van der Waals surface area contributed by atoms with E-state index in [1.165, 1.54) is 141 Å². The summed E-state index contributed by atoms with van der Waals surface area (Å²) in [5.41, 5.74) is -0.494. The van der Waals surface area contributed by atoms with E-state index >= 15 is 0 Å². The molecule has 0 amide bonds. The number of rotatable bonds is 29. The number of carbonyl (C=O) groups is 1. The fraction of sp³-hybridized carbons (Fsp3) is 0.971. The van der Waals surface area contributed by atoms with Crippen LogP contribution in [0.3, 0.4) is 0 Å². The lowest BCUT2D eigenvalue weighted by Gasteiger charge is -2.36. The van der Waals surface area contributed by atoms with Crippen LogP contribution in [0.5, 0.6) is 0 Å². The molecule has 0 heterocycles. The molecular formula is C34H68O2. The van der Waals surface area contributed by atoms with Gasteiger partial charge in [-0.2, -0.15) is 0 Å². The van der Waals surface area contributed by atoms with Crippen molar-refractivity contribution in [2.75, 3.05) is 0 Å². The quantitative estimate of drug-likeness (QED) is 0.102. The molecule has 2 nitrogen and oxygen atoms in total. The molecule has 0 aliphatic rings. The van der Waals surface area contributed by atoms with Crippen LogP contribution in [-0.2, 0) is 4.79 Å². The molecule has 0 saturated heterocycles. The van der Waals surface area contributed by atoms with Crippen LogP contribution in [0.2, 0.25) is 0 Å². The lowest BCUT2D eigenvalue weighted by molar-refractivity contribution is -0.154. The summed E-state index contributed by atoms with van der Waals surface area (Å²) in [6, 6.07) is 0. The molecule has 0 aromatic rings. The van der Waals surface area contributed by atoms with Gasteiger partial charge in [-0.15, -0.1) is 0 Å². The molecule has 0 spiro atoms. The van der Waals surface area contributed by atoms with Crippen LogP contribution in [0.4, 0.5) is 0 Å². The van der Waals surface area contributed by atoms with Crippen molar-refractivity contribution in [2.24, 2.45) is 11.3 Å². The summed E-state index contributed by atoms with van der Waals surface area (Å²) in [6.07, 6.45) is 34.8. The van der Waals surface area contributed by atoms with Crippen molar-refractivity contribution in [2.45, 2.75) is 201 Å². The second kappa shape index (κ2) is 26.1. The summed E-state index contributed by atoms with van der Waals surface area (Å²) < 4.78 is 0. The van der Waals surface area contributed by atoms with Crippen LogP contribution in [0.25, 0.3) is 0 Å². The van der Waals surface area contributed by atoms with E-state index in [1.807, 2.05) is 0 Å². The van der Waals surface area contributed by atoms with Crippen LogP contribution < -0.4 is 0 Å². The largest absolute Gasteiger partial charge is 0.481 e. The van der Waals surface area contributed by atoms with E-state index in [-0.39, 0.29) is 0 Å². The van der Waals surface area contributed by atoms with Gasteiger partial charge in [0.15, 0.2) is 0 Å². The first-order valence-electron chi connectivity index (χ1n) is 16.8. The highest BCUT2D eigenvalue weighted by molar-refractivity contribution is 5.75. The summed E-state index contributed by atoms with van der Waals surface area (Å²) in [5, 5.41) is 10.3. The van der Waals surface area contributed by atoms with Crippen molar-refractivity contribution in [3.05, 3.63) is 0 Å². The first-order valence-corrected chi connectivity index (χ1v) is 16.8. The molecule has 2 heteroatoms. The molecule has 36 heavy (non-hydrogen) atoms. The number of unbranched alkanes of at least 4 members (excludes halogenated alkanes) is 21. The maximum atomic E-state index is 12.5. The molecule has 0 fully saturated rings. The summed E-state index contributed by atoms with van der Waals surface area (Å²) in [7, 11) is 0. The van der Waals surface area contributed by atoms with Crippen molar-refractivity contribution in [1.29, 1.82) is 0 Å². The molecule has 0 saturated carbocycles. The fourth-order valence-electron chi connectivity index (χ4n) is 6.31. The van der Waals surface area contributed by atoms with Gasteiger partial charge in [-0.05, 0) is 25.2 Å². The summed E-state index contributed by atoms with van der Waals surface area (Å²) in [5.74, 6) is -0.186. The molecule has 216 valence electrons. The molecule has 2 unspecified atom stereocenters. The zero-order valence-electron chi connectivity index (χ0n) is 25.5. The van der Waals surface area contributed by atoms with E-state index in [9.17, 15) is 9.90 Å². The van der Waals surface area contributed by atoms with Crippen LogP contribution in [0, 0.1) is 11.3 Å². The Hall–Kier alpha value is -0.530. The van der Waals surface area contributed by atoms with Crippen LogP contribution >= 0.6 is 0 Å². The maximum Gasteiger partial charge on any atom is 0.309 e. The van der Waals surface area contributed by atoms with Crippen LogP contribution in [-0.4, -0.2) is 11.1 Å². The minimum absolute atomic E-state index is 0.339. The number of aliphatic carboxylic acids is 1. The number of carboxylic acids is 1. The van der Waals surface area contributed by atoms with E-state index in [4.69, 9.17) is 0 Å². The van der Waals surface area contributed by atoms with Crippen molar-refractivity contribution in [3.63, 3.8) is 0 Å². The lowest BCUT2D eigenvalue weighted by atomic mass is 9.67. The Bertz CT molecular complexity index is 460. The third kappa shape index (κ3) is 17.8. The smallest absolute Gasteiger partial charge is 0.309 e. The highest BCUT2D eigenvalue weighted by Crippen LogP contribution is 2.42. The summed E-state index contributed by atoms with van der Waals surface area (Å²) >= 11 is 0. The second-order valence-corrected chi connectivity index (χ2v) is 11.9. The Labute approximate surface area is 228 Å². The molecule has 0 aliphatic heterocycles. The standard InChI is InChI=1S/C34H68O2/c1-5-9-11-13-15-17-19-20-21-22-24-26-28-30-32(7-3)34(8-4,33(35)36)31-29-27-25-23-18-16-14-12-10-6-2/h32H,5-31H2,1-4H3,(H,35,36). The Morgan fingerprint density at radius 3 is 1.17 bits per heavy atom. The van der Waals surface area contributed by atoms with Gasteiger partial charge < -0.3 is 5.11 Å². The summed E-state index contributed by atoms with van der Waals surface area (Å²) in [6.45, 7) is 8.90. The van der Waals surface area contributed by atoms with Gasteiger partial charge in [-0.1, -0.05) is 182 Å². The van der Waals surface area contributed by atoms with E-state index in [2.05, 4.69) is 27.7 Å². The van der Waals surface area contributed by atoms with E-state index in [1.54, 1.807) is 0 Å². The van der Waals surface area contributed by atoms with E-state index < -0.39 is 11.4 Å². The zero-order chi connectivity index (χ0) is 26.7. The molecule has 0 aromatic carbocycles. The van der Waals surface area contributed by atoms with E-state index in [0.717, 1.165) is 32.1 Å². The average Bonchev–Trinajstić information content (AvgIpc) is 2.88. The number of carboxylic acid groups (broad SMARTS) is 1. The average molecular weight is 509 g/mol. The van der Waals surface area contributed by atoms with Crippen LogP contribution in [0.1, 0.15) is 201 Å². The van der Waals surface area contributed by atoms with Crippen molar-refractivity contribution in [3.8, 4) is 0 Å². The Kier molecular flexibility index (Phi) is 25.7. The Balaban J connectivity index is 4.06. The normalized spacial score (nSPS) is 14.1. The van der Waals surface area contributed by atoms with Gasteiger partial charge in [-0.3, -0.25) is 4.79 Å². The molecule has 0 bridgehead atoms. The third-order valence-electron chi connectivity index (χ3n) is 8.96. The van der Waals surface area contributed by atoms with Crippen molar-refractivity contribution < 1.29 is 9.90 Å². The van der Waals surface area contributed by atoms with Gasteiger partial charge >= 0.3 is 5.97 Å². The Morgan fingerprint density at radius 2 is 0.861 bits per heavy atom. The van der Waals surface area contributed by atoms with Gasteiger partial charge in [-0.25, -0.2) is 0 Å². The van der Waals surface area contributed by atoms with Crippen LogP contribution in [0.15, 0.2) is 0 Å². The minimum atomic E-state index is -0.525. The molecular weight excluding hydrogens is 440 g/mol. The third-order valence-corrected chi connectivity index (χ3v) is 8.96. The molecule has 0 aliphatic carbocycles. The molecule has 0 aromatic heterocycles. The minimum Gasteiger partial charge on any atom is -0.481 e. The van der Waals surface area contributed by atoms with Gasteiger partial charge in [0.1, 0.15) is 0 Å². The molecule has 0 radical (unpaired) electrons. The Morgan fingerprint density at radius 1 is 0.528 bits per heavy atom. The second-order valence-electron chi connectivity index (χ2n) is 11.9. The van der Waals surface area contributed by atoms with Crippen molar-refractivity contribution >= 4 is 5.97 Å². The van der Waals surface area contributed by atoms with Gasteiger partial charge in [0.05, 0.1) is 5.41 Å². The lowest BCUT2D eigenvalue weighted by Crippen LogP contribution is -2.38. The SMILES string of the molecule is CCCCCCCCCCCCCCCC(CC)C(CC)(CCCCCCCCCCCC)C(=O)O. The van der Waals surface area contributed by atoms with Gasteiger partial charge in [0.2, 0.25) is 0 Å². The van der Waals surface area contributed by atoms with Crippen molar-refractivity contribution in [1.82, 2.24) is 0 Å². The molecule has 2 atom stereocenters. The van der Waals surface area contributed by atoms with Gasteiger partial charge in [0, 0.05) is 0 Å². The maximum absolute atomic E-state index is 12.5. The first-order chi connectivity index (χ1) is 17.6. The highest BCUT2D eigenvalue weighted by atomic mass is 16.4. The number of hydrogen-bond donors (Lipinski definition) is 1. The first kappa shape index (κ1) is 35.5. The monoisotopic (exact) mass is 509 g/mol. The molecule has 1 N–H and O–H groups in total. The predicted molar refractivity (Wildman–Crippen MR) is 161 cm³/mol. The van der Waals surface area contributed by atoms with E-state index in [0.29, 0.717) is 5.92 Å². The highest BCUT2D eigenvalue weighted by Gasteiger charge is 2.42. The number of hydrogen-bond acceptors (Lipinski definition) is 1. The van der Waals surface area contributed by atoms with Gasteiger partial charge in [0.25, 0.3) is 0 Å². The predicted octanol–water partition coefficient (Wildman–Crippen LogP) is 12.3.